The van der Waals surface area contributed by atoms with Crippen molar-refractivity contribution in [2.75, 3.05) is 0 Å². The first-order chi connectivity index (χ1) is 12.9. The van der Waals surface area contributed by atoms with Gasteiger partial charge in [-0.2, -0.15) is 0 Å². The number of pyridine rings is 1. The molecule has 2 aromatic heterocycles. The van der Waals surface area contributed by atoms with Crippen LogP contribution in [0.2, 0.25) is 0 Å². The highest BCUT2D eigenvalue weighted by Gasteiger charge is 2.18. The maximum absolute atomic E-state index is 12.3. The second-order valence-electron chi connectivity index (χ2n) is 6.54. The first-order valence-electron chi connectivity index (χ1n) is 8.75. The molecule has 0 aliphatic carbocycles. The molecule has 1 amide bonds. The molecule has 0 spiro atoms. The zero-order valence-corrected chi connectivity index (χ0v) is 15.8. The van der Waals surface area contributed by atoms with E-state index < -0.39 is 6.10 Å². The highest BCUT2D eigenvalue weighted by atomic mass is 16.5. The lowest BCUT2D eigenvalue weighted by Crippen LogP contribution is -2.36. The highest BCUT2D eigenvalue weighted by molar-refractivity contribution is 5.86. The van der Waals surface area contributed by atoms with Gasteiger partial charge in [0.25, 0.3) is 5.91 Å². The maximum Gasteiger partial charge on any atom is 0.339 e. The van der Waals surface area contributed by atoms with Gasteiger partial charge in [-0.05, 0) is 57.0 Å². The van der Waals surface area contributed by atoms with Crippen LogP contribution in [0.1, 0.15) is 29.2 Å². The Balaban J connectivity index is 1.77. The van der Waals surface area contributed by atoms with Gasteiger partial charge in [0.1, 0.15) is 11.3 Å². The van der Waals surface area contributed by atoms with E-state index in [0.717, 1.165) is 16.5 Å². The van der Waals surface area contributed by atoms with E-state index in [1.165, 1.54) is 0 Å². The number of fused-ring (bicyclic) bond motifs is 1. The molecule has 3 aromatic rings. The minimum absolute atomic E-state index is 0.236. The molecule has 0 saturated carbocycles. The summed E-state index contributed by atoms with van der Waals surface area (Å²) >= 11 is 0. The zero-order valence-electron chi connectivity index (χ0n) is 15.8. The third-order valence-corrected chi connectivity index (χ3v) is 4.69. The third kappa shape index (κ3) is 3.84. The van der Waals surface area contributed by atoms with Crippen LogP contribution in [0.5, 0.6) is 5.75 Å². The van der Waals surface area contributed by atoms with Gasteiger partial charge >= 0.3 is 5.63 Å². The van der Waals surface area contributed by atoms with Gasteiger partial charge in [0.05, 0.1) is 0 Å². The lowest BCUT2D eigenvalue weighted by molar-refractivity contribution is -0.127. The number of carbonyl (C=O) groups is 1. The normalized spacial score (nSPS) is 12.0. The number of nitrogens with one attached hydrogen (secondary N) is 1. The number of rotatable bonds is 5. The number of aryl methyl sites for hydroxylation is 2. The van der Waals surface area contributed by atoms with Crippen LogP contribution in [0.15, 0.2) is 45.9 Å². The lowest BCUT2D eigenvalue weighted by Gasteiger charge is -2.17. The highest BCUT2D eigenvalue weighted by Crippen LogP contribution is 2.29. The molecule has 0 aliphatic heterocycles. The first-order valence-corrected chi connectivity index (χ1v) is 8.75. The van der Waals surface area contributed by atoms with E-state index in [1.54, 1.807) is 32.3 Å². The van der Waals surface area contributed by atoms with Gasteiger partial charge in [-0.1, -0.05) is 6.07 Å². The average Bonchev–Trinajstić information content (AvgIpc) is 2.67. The van der Waals surface area contributed by atoms with Gasteiger partial charge in [-0.15, -0.1) is 0 Å². The molecule has 3 rings (SSSR count). The molecule has 0 bridgehead atoms. The van der Waals surface area contributed by atoms with Crippen molar-refractivity contribution in [1.29, 1.82) is 0 Å². The summed E-state index contributed by atoms with van der Waals surface area (Å²) in [4.78, 5) is 28.3. The molecule has 0 aliphatic rings. The van der Waals surface area contributed by atoms with Crippen LogP contribution in [0.4, 0.5) is 0 Å². The summed E-state index contributed by atoms with van der Waals surface area (Å²) in [5.41, 5.74) is 3.22. The second-order valence-corrected chi connectivity index (χ2v) is 6.54. The predicted molar refractivity (Wildman–Crippen MR) is 103 cm³/mol. The van der Waals surface area contributed by atoms with Crippen molar-refractivity contribution in [3.8, 4) is 5.75 Å². The molecule has 2 heterocycles. The van der Waals surface area contributed by atoms with Crippen LogP contribution in [0.3, 0.4) is 0 Å². The van der Waals surface area contributed by atoms with Crippen molar-refractivity contribution in [2.24, 2.45) is 0 Å². The Morgan fingerprint density at radius 2 is 1.96 bits per heavy atom. The van der Waals surface area contributed by atoms with Crippen LogP contribution in [0, 0.1) is 20.8 Å². The molecule has 140 valence electrons. The first kappa shape index (κ1) is 18.6. The summed E-state index contributed by atoms with van der Waals surface area (Å²) < 4.78 is 11.3. The molecule has 0 saturated heterocycles. The summed E-state index contributed by atoms with van der Waals surface area (Å²) in [7, 11) is 0. The number of hydrogen-bond donors (Lipinski definition) is 1. The number of nitrogens with zero attached hydrogens (tertiary/aromatic N) is 1. The molecule has 6 nitrogen and oxygen atoms in total. The van der Waals surface area contributed by atoms with Gasteiger partial charge in [0.15, 0.2) is 6.10 Å². The van der Waals surface area contributed by atoms with E-state index in [0.29, 0.717) is 29.0 Å². The van der Waals surface area contributed by atoms with Crippen molar-refractivity contribution in [3.63, 3.8) is 0 Å². The summed E-state index contributed by atoms with van der Waals surface area (Å²) in [5.74, 6) is 0.276. The number of benzene rings is 1. The average molecular weight is 366 g/mol. The minimum atomic E-state index is -0.698. The zero-order chi connectivity index (χ0) is 19.6. The largest absolute Gasteiger partial charge is 0.480 e. The van der Waals surface area contributed by atoms with Crippen molar-refractivity contribution in [1.82, 2.24) is 10.3 Å². The van der Waals surface area contributed by atoms with Crippen LogP contribution in [-0.4, -0.2) is 17.0 Å². The van der Waals surface area contributed by atoms with Crippen molar-refractivity contribution < 1.29 is 13.9 Å². The number of aromatic nitrogens is 1. The molecular weight excluding hydrogens is 344 g/mol. The van der Waals surface area contributed by atoms with E-state index in [-0.39, 0.29) is 11.5 Å². The number of amides is 1. The predicted octanol–water partition coefficient (Wildman–Crippen LogP) is 3.20. The Morgan fingerprint density at radius 3 is 2.67 bits per heavy atom. The standard InChI is InChI=1S/C21H22N2O4/c1-12-13(2)21(25)27-19-14(3)18(8-7-17(12)19)26-15(4)20(24)23-11-16-6-5-9-22-10-16/h5-10,15H,11H2,1-4H3,(H,23,24)/t15-/m0/s1. The van der Waals surface area contributed by atoms with E-state index in [1.807, 2.05) is 32.0 Å². The van der Waals surface area contributed by atoms with Gasteiger partial charge in [-0.25, -0.2) is 4.79 Å². The third-order valence-electron chi connectivity index (χ3n) is 4.69. The van der Waals surface area contributed by atoms with Crippen molar-refractivity contribution >= 4 is 16.9 Å². The minimum Gasteiger partial charge on any atom is -0.480 e. The van der Waals surface area contributed by atoms with Gasteiger partial charge < -0.3 is 14.5 Å². The Labute approximate surface area is 157 Å². The fourth-order valence-corrected chi connectivity index (χ4v) is 2.83. The van der Waals surface area contributed by atoms with Crippen molar-refractivity contribution in [3.05, 3.63) is 69.3 Å². The SMILES string of the molecule is Cc1c(C)c2ccc(O[C@@H](C)C(=O)NCc3cccnc3)c(C)c2oc1=O. The molecule has 1 N–H and O–H groups in total. The maximum atomic E-state index is 12.3. The monoisotopic (exact) mass is 366 g/mol. The van der Waals surface area contributed by atoms with Crippen LogP contribution in [0.25, 0.3) is 11.0 Å². The van der Waals surface area contributed by atoms with Gasteiger partial charge in [-0.3, -0.25) is 9.78 Å². The van der Waals surface area contributed by atoms with Crippen molar-refractivity contribution in [2.45, 2.75) is 40.3 Å². The number of hydrogen-bond acceptors (Lipinski definition) is 5. The van der Waals surface area contributed by atoms with E-state index in [4.69, 9.17) is 9.15 Å². The van der Waals surface area contributed by atoms with Crippen LogP contribution < -0.4 is 15.7 Å². The fraction of sp³-hybridized carbons (Fsp3) is 0.286. The topological polar surface area (TPSA) is 81.4 Å². The molecule has 6 heteroatoms. The summed E-state index contributed by atoms with van der Waals surface area (Å²) in [6.45, 7) is 7.51. The number of carbonyl (C=O) groups excluding carboxylic acids is 1. The Hall–Kier alpha value is -3.15. The molecule has 0 fully saturated rings. The molecule has 1 aromatic carbocycles. The van der Waals surface area contributed by atoms with Crippen LogP contribution in [-0.2, 0) is 11.3 Å². The van der Waals surface area contributed by atoms with E-state index in [2.05, 4.69) is 10.3 Å². The van der Waals surface area contributed by atoms with E-state index >= 15 is 0 Å². The second kappa shape index (κ2) is 7.61. The molecule has 27 heavy (non-hydrogen) atoms. The van der Waals surface area contributed by atoms with Gasteiger partial charge in [0.2, 0.25) is 0 Å². The Morgan fingerprint density at radius 1 is 1.19 bits per heavy atom. The molecular formula is C21H22N2O4. The summed E-state index contributed by atoms with van der Waals surface area (Å²) in [5, 5.41) is 3.69. The number of ether oxygens (including phenoxy) is 1. The fourth-order valence-electron chi connectivity index (χ4n) is 2.83. The molecule has 1 atom stereocenters. The lowest BCUT2D eigenvalue weighted by atomic mass is 10.0. The molecule has 0 unspecified atom stereocenters. The van der Waals surface area contributed by atoms with Crippen LogP contribution >= 0.6 is 0 Å². The molecule has 0 radical (unpaired) electrons. The quantitative estimate of drug-likeness (QED) is 0.701. The Kier molecular flexibility index (Phi) is 5.26. The smallest absolute Gasteiger partial charge is 0.339 e. The van der Waals surface area contributed by atoms with Gasteiger partial charge in [0, 0.05) is 35.5 Å². The summed E-state index contributed by atoms with van der Waals surface area (Å²) in [6, 6.07) is 7.36. The summed E-state index contributed by atoms with van der Waals surface area (Å²) in [6.07, 6.45) is 2.68. The Bertz CT molecular complexity index is 1040. The van der Waals surface area contributed by atoms with E-state index in [9.17, 15) is 9.59 Å².